The Morgan fingerprint density at radius 1 is 1.59 bits per heavy atom. The van der Waals surface area contributed by atoms with Gasteiger partial charge in [-0.25, -0.2) is 0 Å². The van der Waals surface area contributed by atoms with E-state index in [4.69, 9.17) is 0 Å². The maximum absolute atomic E-state index is 10.5. The number of hydrogen-bond donors (Lipinski definition) is 1. The molecule has 17 heavy (non-hydrogen) atoms. The molecule has 0 atom stereocenters. The lowest BCUT2D eigenvalue weighted by molar-refractivity contribution is -0.385. The number of nitrogens with zero attached hydrogens (tertiary/aromatic N) is 4. The van der Waals surface area contributed by atoms with E-state index < -0.39 is 12.0 Å². The third-order valence-corrected chi connectivity index (χ3v) is 3.20. The summed E-state index contributed by atoms with van der Waals surface area (Å²) in [6.07, 6.45) is 4.46. The lowest BCUT2D eigenvalue weighted by Gasteiger charge is -2.32. The normalized spacial score (nSPS) is 18.2. The lowest BCUT2D eigenvalue weighted by atomic mass is 9.82. The number of rotatable bonds is 3. The van der Waals surface area contributed by atoms with Crippen LogP contribution >= 0.6 is 0 Å². The Labute approximate surface area is 99.3 Å². The molecule has 1 N–H and O–H groups in total. The Bertz CT molecular complexity index is 401. The van der Waals surface area contributed by atoms with Crippen molar-refractivity contribution in [1.82, 2.24) is 14.6 Å². The predicted octanol–water partition coefficient (Wildman–Crippen LogP) is 0.538. The van der Waals surface area contributed by atoms with Gasteiger partial charge in [0, 0.05) is 0 Å². The maximum Gasteiger partial charge on any atom is 0.376 e. The average molecular weight is 238 g/mol. The van der Waals surface area contributed by atoms with Crippen LogP contribution in [-0.4, -0.2) is 44.7 Å². The minimum absolute atomic E-state index is 0.0305. The number of piperidine rings is 1. The van der Waals surface area contributed by atoms with Crippen molar-refractivity contribution in [3.05, 3.63) is 22.5 Å². The van der Waals surface area contributed by atoms with E-state index in [9.17, 15) is 15.1 Å². The molecule has 92 valence electrons. The van der Waals surface area contributed by atoms with E-state index in [0.717, 1.165) is 25.9 Å². The van der Waals surface area contributed by atoms with E-state index in [2.05, 4.69) is 5.10 Å². The predicted molar refractivity (Wildman–Crippen MR) is 62.6 cm³/mol. The van der Waals surface area contributed by atoms with E-state index in [1.807, 2.05) is 4.81 Å². The van der Waals surface area contributed by atoms with Crippen LogP contribution in [0.5, 0.6) is 0 Å². The fraction of sp³-hybridized carbons (Fsp3) is 0.667. The molecule has 0 bridgehead atoms. The molecule has 0 saturated carbocycles. The molecule has 7 nitrogen and oxygen atoms in total. The highest BCUT2D eigenvalue weighted by Gasteiger charge is 2.26. The van der Waals surface area contributed by atoms with E-state index in [0.29, 0.717) is 0 Å². The molecule has 2 rings (SSSR count). The largest absolute Gasteiger partial charge is 0.437 e. The second kappa shape index (κ2) is 4.85. The van der Waals surface area contributed by atoms with Crippen LogP contribution in [0.15, 0.2) is 12.4 Å². The highest BCUT2D eigenvalue weighted by atomic mass is 16.6. The van der Waals surface area contributed by atoms with Gasteiger partial charge in [-0.2, -0.15) is 5.10 Å². The summed E-state index contributed by atoms with van der Waals surface area (Å²) in [4.78, 5) is 12.1. The fourth-order valence-corrected chi connectivity index (χ4v) is 2.15. The molecule has 2 heterocycles. The number of aromatic nitrogens is 2. The summed E-state index contributed by atoms with van der Waals surface area (Å²) in [5, 5.41) is 24.0. The Balaban J connectivity index is 1.98. The summed E-state index contributed by atoms with van der Waals surface area (Å²) in [7, 11) is -0.428. The van der Waals surface area contributed by atoms with Crippen LogP contribution in [0.25, 0.3) is 0 Å². The van der Waals surface area contributed by atoms with Crippen LogP contribution in [-0.2, 0) is 0 Å². The second-order valence-electron chi connectivity index (χ2n) is 4.33. The topological polar surface area (TPSA) is 84.4 Å². The van der Waals surface area contributed by atoms with Crippen molar-refractivity contribution in [1.29, 1.82) is 0 Å². The molecule has 0 amide bonds. The second-order valence-corrected chi connectivity index (χ2v) is 4.33. The van der Waals surface area contributed by atoms with E-state index >= 15 is 0 Å². The highest BCUT2D eigenvalue weighted by molar-refractivity contribution is 6.45. The van der Waals surface area contributed by atoms with E-state index in [1.165, 1.54) is 12.4 Å². The van der Waals surface area contributed by atoms with Crippen LogP contribution in [0, 0.1) is 10.1 Å². The molecule has 0 spiro atoms. The minimum atomic E-state index is -0.436. The molecule has 8 heteroatoms. The van der Waals surface area contributed by atoms with Crippen molar-refractivity contribution in [2.24, 2.45) is 0 Å². The van der Waals surface area contributed by atoms with Crippen LogP contribution in [0.4, 0.5) is 5.69 Å². The van der Waals surface area contributed by atoms with Crippen molar-refractivity contribution in [2.45, 2.75) is 25.7 Å². The highest BCUT2D eigenvalue weighted by Crippen LogP contribution is 2.23. The van der Waals surface area contributed by atoms with Gasteiger partial charge in [0.25, 0.3) is 0 Å². The molecule has 1 aromatic heterocycles. The van der Waals surface area contributed by atoms with Gasteiger partial charge < -0.3 is 9.83 Å². The molecule has 0 unspecified atom stereocenters. The van der Waals surface area contributed by atoms with E-state index in [1.54, 1.807) is 11.5 Å². The summed E-state index contributed by atoms with van der Waals surface area (Å²) < 4.78 is 1.66. The van der Waals surface area contributed by atoms with Gasteiger partial charge in [-0.3, -0.25) is 14.8 Å². The van der Waals surface area contributed by atoms with Gasteiger partial charge in [-0.15, -0.1) is 0 Å². The zero-order valence-electron chi connectivity index (χ0n) is 9.69. The van der Waals surface area contributed by atoms with Crippen LogP contribution in [0.2, 0.25) is 6.82 Å². The molecule has 1 aliphatic rings. The van der Waals surface area contributed by atoms with Gasteiger partial charge in [0.05, 0.1) is 11.0 Å². The Hall–Kier alpha value is -1.41. The van der Waals surface area contributed by atoms with Crippen molar-refractivity contribution >= 4 is 12.7 Å². The molecule has 0 aromatic carbocycles. The SMILES string of the molecule is CB(O)N1CCC(n2cc([N+](=O)[O-])cn2)CC1. The van der Waals surface area contributed by atoms with Gasteiger partial charge in [0.1, 0.15) is 12.4 Å². The Morgan fingerprint density at radius 2 is 2.24 bits per heavy atom. The summed E-state index contributed by atoms with van der Waals surface area (Å²) in [5.74, 6) is 0. The van der Waals surface area contributed by atoms with Crippen LogP contribution < -0.4 is 0 Å². The van der Waals surface area contributed by atoms with Crippen molar-refractivity contribution in [3.8, 4) is 0 Å². The summed E-state index contributed by atoms with van der Waals surface area (Å²) in [5.41, 5.74) is 0.0305. The molecule has 0 aliphatic carbocycles. The fourth-order valence-electron chi connectivity index (χ4n) is 2.15. The zero-order valence-corrected chi connectivity index (χ0v) is 9.69. The molecule has 1 saturated heterocycles. The molecule has 1 aromatic rings. The van der Waals surface area contributed by atoms with E-state index in [-0.39, 0.29) is 11.7 Å². The minimum Gasteiger partial charge on any atom is -0.437 e. The Kier molecular flexibility index (Phi) is 3.44. The summed E-state index contributed by atoms with van der Waals surface area (Å²) >= 11 is 0. The third kappa shape index (κ3) is 2.64. The summed E-state index contributed by atoms with van der Waals surface area (Å²) in [6, 6.07) is 0.193. The number of hydrogen-bond acceptors (Lipinski definition) is 5. The zero-order chi connectivity index (χ0) is 12.4. The quantitative estimate of drug-likeness (QED) is 0.472. The maximum atomic E-state index is 10.5. The smallest absolute Gasteiger partial charge is 0.376 e. The summed E-state index contributed by atoms with van der Waals surface area (Å²) in [6.45, 7) is 3.32. The van der Waals surface area contributed by atoms with Crippen LogP contribution in [0.1, 0.15) is 18.9 Å². The molecule has 1 fully saturated rings. The first-order valence-electron chi connectivity index (χ1n) is 5.68. The average Bonchev–Trinajstić information content (AvgIpc) is 2.78. The first-order chi connectivity index (χ1) is 8.08. The van der Waals surface area contributed by atoms with Gasteiger partial charge >= 0.3 is 12.7 Å². The van der Waals surface area contributed by atoms with Gasteiger partial charge in [-0.05, 0) is 32.8 Å². The third-order valence-electron chi connectivity index (χ3n) is 3.20. The molecular formula is C9H15BN4O3. The monoisotopic (exact) mass is 238 g/mol. The molecular weight excluding hydrogens is 223 g/mol. The van der Waals surface area contributed by atoms with Crippen molar-refractivity contribution in [3.63, 3.8) is 0 Å². The van der Waals surface area contributed by atoms with Crippen LogP contribution in [0.3, 0.4) is 0 Å². The number of nitro groups is 1. The van der Waals surface area contributed by atoms with Gasteiger partial charge in [-0.1, -0.05) is 0 Å². The van der Waals surface area contributed by atoms with Crippen molar-refractivity contribution in [2.75, 3.05) is 13.1 Å². The lowest BCUT2D eigenvalue weighted by Crippen LogP contribution is -2.43. The van der Waals surface area contributed by atoms with Gasteiger partial charge in [0.2, 0.25) is 0 Å². The molecule has 0 radical (unpaired) electrons. The molecule has 1 aliphatic heterocycles. The van der Waals surface area contributed by atoms with Crippen molar-refractivity contribution < 1.29 is 9.95 Å². The first kappa shape index (κ1) is 12.1. The first-order valence-corrected chi connectivity index (χ1v) is 5.68. The van der Waals surface area contributed by atoms with Gasteiger partial charge in [0.15, 0.2) is 0 Å². The Morgan fingerprint density at radius 3 is 2.71 bits per heavy atom. The standard InChI is InChI=1S/C9H15BN4O3/c1-10(15)12-4-2-8(3-5-12)13-7-9(6-11-13)14(16)17/h6-8,15H,2-5H2,1H3.